The number of ether oxygens (including phenoxy) is 2. The lowest BCUT2D eigenvalue weighted by Gasteiger charge is -2.22. The Morgan fingerprint density at radius 1 is 1.27 bits per heavy atom. The summed E-state index contributed by atoms with van der Waals surface area (Å²) in [6, 6.07) is 7.59. The Hall–Kier alpha value is -1.63. The fourth-order valence-electron chi connectivity index (χ4n) is 1.91. The molecule has 1 aromatic rings. The van der Waals surface area contributed by atoms with Crippen molar-refractivity contribution in [1.29, 1.82) is 0 Å². The van der Waals surface area contributed by atoms with Crippen molar-refractivity contribution in [1.82, 2.24) is 5.06 Å². The summed E-state index contributed by atoms with van der Waals surface area (Å²) >= 11 is 0. The maximum atomic E-state index is 11.8. The van der Waals surface area contributed by atoms with Crippen LogP contribution in [0.1, 0.15) is 18.9 Å². The molecule has 0 bridgehead atoms. The van der Waals surface area contributed by atoms with E-state index < -0.39 is 12.0 Å². The first-order valence-corrected chi connectivity index (χ1v) is 7.20. The average Bonchev–Trinajstić information content (AvgIpc) is 2.56. The van der Waals surface area contributed by atoms with E-state index >= 15 is 0 Å². The van der Waals surface area contributed by atoms with Crippen molar-refractivity contribution in [3.05, 3.63) is 29.8 Å². The molecular formula is C16H25NO5. The van der Waals surface area contributed by atoms with Crippen LogP contribution in [0.5, 0.6) is 5.75 Å². The van der Waals surface area contributed by atoms with Gasteiger partial charge in [-0.05, 0) is 24.1 Å². The van der Waals surface area contributed by atoms with E-state index in [1.54, 1.807) is 14.0 Å². The summed E-state index contributed by atoms with van der Waals surface area (Å²) in [5, 5.41) is 11.1. The summed E-state index contributed by atoms with van der Waals surface area (Å²) in [6.07, 6.45) is -0.373. The van der Waals surface area contributed by atoms with Gasteiger partial charge in [-0.25, -0.2) is 5.06 Å². The average molecular weight is 311 g/mol. The van der Waals surface area contributed by atoms with E-state index in [1.807, 2.05) is 24.3 Å². The first-order chi connectivity index (χ1) is 10.5. The fraction of sp³-hybridized carbons (Fsp3) is 0.562. The van der Waals surface area contributed by atoms with Crippen molar-refractivity contribution in [3.8, 4) is 5.75 Å². The van der Waals surface area contributed by atoms with Gasteiger partial charge in [0.2, 0.25) is 0 Å². The molecule has 124 valence electrons. The van der Waals surface area contributed by atoms with Crippen LogP contribution in [-0.2, 0) is 21.0 Å². The normalized spacial score (nSPS) is 13.5. The van der Waals surface area contributed by atoms with Crippen LogP contribution < -0.4 is 4.74 Å². The lowest BCUT2D eigenvalue weighted by molar-refractivity contribution is -0.176. The van der Waals surface area contributed by atoms with Crippen LogP contribution in [0.4, 0.5) is 0 Å². The predicted molar refractivity (Wildman–Crippen MR) is 82.2 cm³/mol. The second-order valence-electron chi connectivity index (χ2n) is 5.06. The SMILES string of the molecule is COc1ccc(COCC[C@H](O)[C@@H](C)C(=O)N(C)OC)cc1. The first-order valence-electron chi connectivity index (χ1n) is 7.20. The van der Waals surface area contributed by atoms with E-state index in [1.165, 1.54) is 14.2 Å². The number of hydrogen-bond donors (Lipinski definition) is 1. The van der Waals surface area contributed by atoms with Gasteiger partial charge in [0.05, 0.1) is 32.8 Å². The molecule has 1 rings (SSSR count). The Morgan fingerprint density at radius 2 is 1.91 bits per heavy atom. The third kappa shape index (κ3) is 5.63. The van der Waals surface area contributed by atoms with Crippen molar-refractivity contribution < 1.29 is 24.2 Å². The Kier molecular flexibility index (Phi) is 7.87. The summed E-state index contributed by atoms with van der Waals surface area (Å²) in [6.45, 7) is 2.50. The van der Waals surface area contributed by atoms with Crippen molar-refractivity contribution in [3.63, 3.8) is 0 Å². The Labute approximate surface area is 131 Å². The Bertz CT molecular complexity index is 448. The van der Waals surface area contributed by atoms with Crippen LogP contribution in [0.15, 0.2) is 24.3 Å². The molecule has 0 aliphatic heterocycles. The number of hydrogen-bond acceptors (Lipinski definition) is 5. The predicted octanol–water partition coefficient (Wildman–Crippen LogP) is 1.62. The van der Waals surface area contributed by atoms with E-state index in [4.69, 9.17) is 14.3 Å². The van der Waals surface area contributed by atoms with Crippen LogP contribution >= 0.6 is 0 Å². The Morgan fingerprint density at radius 3 is 2.45 bits per heavy atom. The number of aliphatic hydroxyl groups is 1. The zero-order valence-electron chi connectivity index (χ0n) is 13.6. The number of nitrogens with zero attached hydrogens (tertiary/aromatic N) is 1. The van der Waals surface area contributed by atoms with Crippen LogP contribution in [0.2, 0.25) is 0 Å². The summed E-state index contributed by atoms with van der Waals surface area (Å²) in [7, 11) is 4.55. The van der Waals surface area contributed by atoms with Gasteiger partial charge in [-0.1, -0.05) is 19.1 Å². The molecule has 6 nitrogen and oxygen atoms in total. The molecule has 0 saturated carbocycles. The number of hydroxylamine groups is 2. The van der Waals surface area contributed by atoms with Gasteiger partial charge in [0.1, 0.15) is 5.75 Å². The highest BCUT2D eigenvalue weighted by Gasteiger charge is 2.24. The first kappa shape index (κ1) is 18.4. The molecule has 0 spiro atoms. The number of aliphatic hydroxyl groups excluding tert-OH is 1. The van der Waals surface area contributed by atoms with E-state index in [0.717, 1.165) is 16.4 Å². The lowest BCUT2D eigenvalue weighted by Crippen LogP contribution is -2.37. The largest absolute Gasteiger partial charge is 0.497 e. The molecule has 0 fully saturated rings. The quantitative estimate of drug-likeness (QED) is 0.554. The van der Waals surface area contributed by atoms with Crippen LogP contribution in [0, 0.1) is 5.92 Å². The molecule has 22 heavy (non-hydrogen) atoms. The minimum absolute atomic E-state index is 0.259. The van der Waals surface area contributed by atoms with Crippen LogP contribution in [0.3, 0.4) is 0 Å². The molecule has 6 heteroatoms. The number of rotatable bonds is 9. The van der Waals surface area contributed by atoms with Crippen molar-refractivity contribution >= 4 is 5.91 Å². The molecule has 1 N–H and O–H groups in total. The zero-order chi connectivity index (χ0) is 16.5. The third-order valence-electron chi connectivity index (χ3n) is 3.54. The van der Waals surface area contributed by atoms with Crippen molar-refractivity contribution in [2.75, 3.05) is 27.9 Å². The van der Waals surface area contributed by atoms with Gasteiger partial charge in [0.25, 0.3) is 5.91 Å². The number of methoxy groups -OCH3 is 1. The van der Waals surface area contributed by atoms with Gasteiger partial charge >= 0.3 is 0 Å². The van der Waals surface area contributed by atoms with E-state index in [-0.39, 0.29) is 5.91 Å². The summed E-state index contributed by atoms with van der Waals surface area (Å²) in [5.41, 5.74) is 1.03. The van der Waals surface area contributed by atoms with Gasteiger partial charge in [0.15, 0.2) is 0 Å². The summed E-state index contributed by atoms with van der Waals surface area (Å²) in [5.74, 6) is 0.00784. The third-order valence-corrected chi connectivity index (χ3v) is 3.54. The number of amides is 1. The number of benzene rings is 1. The zero-order valence-corrected chi connectivity index (χ0v) is 13.6. The van der Waals surface area contributed by atoms with Gasteiger partial charge in [-0.15, -0.1) is 0 Å². The molecule has 1 aromatic carbocycles. The molecule has 0 saturated heterocycles. The lowest BCUT2D eigenvalue weighted by atomic mass is 10.0. The van der Waals surface area contributed by atoms with Crippen molar-refractivity contribution in [2.24, 2.45) is 5.92 Å². The van der Waals surface area contributed by atoms with Crippen molar-refractivity contribution in [2.45, 2.75) is 26.1 Å². The molecule has 0 unspecified atom stereocenters. The smallest absolute Gasteiger partial charge is 0.251 e. The maximum absolute atomic E-state index is 11.8. The molecule has 0 aliphatic carbocycles. The van der Waals surface area contributed by atoms with E-state index in [0.29, 0.717) is 19.6 Å². The van der Waals surface area contributed by atoms with Crippen LogP contribution in [-0.4, -0.2) is 50.1 Å². The fourth-order valence-corrected chi connectivity index (χ4v) is 1.91. The number of carbonyl (C=O) groups is 1. The summed E-state index contributed by atoms with van der Waals surface area (Å²) < 4.78 is 10.6. The molecule has 1 amide bonds. The van der Waals surface area contributed by atoms with Gasteiger partial charge < -0.3 is 14.6 Å². The highest BCUT2D eigenvalue weighted by atomic mass is 16.7. The van der Waals surface area contributed by atoms with E-state index in [9.17, 15) is 9.90 Å². The molecular weight excluding hydrogens is 286 g/mol. The van der Waals surface area contributed by atoms with Gasteiger partial charge in [-0.2, -0.15) is 0 Å². The standard InChI is InChI=1S/C16H25NO5/c1-12(16(19)17(2)21-4)15(18)9-10-22-11-13-5-7-14(20-3)8-6-13/h5-8,12,15,18H,9-11H2,1-4H3/t12-,15+/m1/s1. The van der Waals surface area contributed by atoms with Crippen LogP contribution in [0.25, 0.3) is 0 Å². The molecule has 0 aromatic heterocycles. The molecule has 0 radical (unpaired) electrons. The summed E-state index contributed by atoms with van der Waals surface area (Å²) in [4.78, 5) is 16.6. The molecule has 2 atom stereocenters. The van der Waals surface area contributed by atoms with Gasteiger partial charge in [0, 0.05) is 13.7 Å². The van der Waals surface area contributed by atoms with E-state index in [2.05, 4.69) is 0 Å². The number of carbonyl (C=O) groups excluding carboxylic acids is 1. The second-order valence-corrected chi connectivity index (χ2v) is 5.06. The molecule has 0 heterocycles. The molecule has 0 aliphatic rings. The maximum Gasteiger partial charge on any atom is 0.251 e. The topological polar surface area (TPSA) is 68.2 Å². The minimum Gasteiger partial charge on any atom is -0.497 e. The Balaban J connectivity index is 2.29. The monoisotopic (exact) mass is 311 g/mol. The second kappa shape index (κ2) is 9.40. The minimum atomic E-state index is -0.763. The highest BCUT2D eigenvalue weighted by Crippen LogP contribution is 2.13. The van der Waals surface area contributed by atoms with Gasteiger partial charge in [-0.3, -0.25) is 9.63 Å². The highest BCUT2D eigenvalue weighted by molar-refractivity contribution is 5.77.